The second-order valence-electron chi connectivity index (χ2n) is 6.77. The van der Waals surface area contributed by atoms with Crippen molar-refractivity contribution in [3.63, 3.8) is 0 Å². The lowest BCUT2D eigenvalue weighted by Gasteiger charge is -2.19. The lowest BCUT2D eigenvalue weighted by atomic mass is 10.1. The third-order valence-electron chi connectivity index (χ3n) is 4.84. The number of halogens is 1. The number of rotatable bonds is 7. The van der Waals surface area contributed by atoms with E-state index in [0.29, 0.717) is 17.9 Å². The van der Waals surface area contributed by atoms with Crippen LogP contribution in [0.25, 0.3) is 0 Å². The minimum Gasteiger partial charge on any atom is -0.493 e. The molecule has 0 fully saturated rings. The summed E-state index contributed by atoms with van der Waals surface area (Å²) >= 11 is 7.69. The maximum absolute atomic E-state index is 12.9. The van der Waals surface area contributed by atoms with Gasteiger partial charge >= 0.3 is 5.97 Å². The summed E-state index contributed by atoms with van der Waals surface area (Å²) in [4.78, 5) is 26.4. The highest BCUT2D eigenvalue weighted by molar-refractivity contribution is 7.12. The zero-order valence-corrected chi connectivity index (χ0v) is 18.8. The molecule has 1 aliphatic rings. The van der Waals surface area contributed by atoms with E-state index >= 15 is 0 Å². The summed E-state index contributed by atoms with van der Waals surface area (Å²) in [5.41, 5.74) is 0.903. The van der Waals surface area contributed by atoms with Crippen LogP contribution in [-0.4, -0.2) is 43.4 Å². The van der Waals surface area contributed by atoms with Gasteiger partial charge in [0.1, 0.15) is 11.8 Å². The predicted octanol–water partition coefficient (Wildman–Crippen LogP) is 4.55. The van der Waals surface area contributed by atoms with E-state index < -0.39 is 24.5 Å². The van der Waals surface area contributed by atoms with E-state index in [-0.39, 0.29) is 16.3 Å². The summed E-state index contributed by atoms with van der Waals surface area (Å²) in [5.74, 6) is -0.0153. The Kier molecular flexibility index (Phi) is 6.48. The van der Waals surface area contributed by atoms with E-state index in [1.807, 2.05) is 17.5 Å². The Morgan fingerprint density at radius 2 is 2.09 bits per heavy atom. The molecular formula is C22H19ClN2O6S. The number of benzene rings is 1. The Hall–Kier alpha value is -3.30. The molecule has 1 aliphatic heterocycles. The Bertz CT molecular complexity index is 1140. The molecule has 0 N–H and O–H groups in total. The van der Waals surface area contributed by atoms with Crippen LogP contribution in [0.15, 0.2) is 57.6 Å². The number of hydrogen-bond acceptors (Lipinski definition) is 8. The minimum atomic E-state index is -0.725. The van der Waals surface area contributed by atoms with Gasteiger partial charge in [-0.05, 0) is 35.7 Å². The van der Waals surface area contributed by atoms with Gasteiger partial charge in [0.2, 0.25) is 0 Å². The van der Waals surface area contributed by atoms with Crippen molar-refractivity contribution in [3.8, 4) is 11.5 Å². The number of nitrogens with zero attached hydrogens (tertiary/aromatic N) is 2. The van der Waals surface area contributed by atoms with E-state index in [1.54, 1.807) is 18.4 Å². The Balaban J connectivity index is 1.50. The van der Waals surface area contributed by atoms with Crippen LogP contribution in [0.5, 0.6) is 11.5 Å². The van der Waals surface area contributed by atoms with Crippen LogP contribution in [0, 0.1) is 0 Å². The van der Waals surface area contributed by atoms with Gasteiger partial charge in [-0.2, -0.15) is 5.10 Å². The van der Waals surface area contributed by atoms with Gasteiger partial charge in [-0.1, -0.05) is 17.7 Å². The van der Waals surface area contributed by atoms with Crippen molar-refractivity contribution in [1.29, 1.82) is 0 Å². The average molecular weight is 475 g/mol. The van der Waals surface area contributed by atoms with Gasteiger partial charge < -0.3 is 18.6 Å². The standard InChI is InChI=1S/C22H19ClN2O6S/c1-28-18-10-13(9-14(23)21(18)29-2)22(27)31-12-20(26)25-16(17-5-3-7-30-17)11-15(24-25)19-6-4-8-32-19/h3-10,16H,11-12H2,1-2H3. The first-order valence-electron chi connectivity index (χ1n) is 9.57. The normalized spacial score (nSPS) is 15.4. The lowest BCUT2D eigenvalue weighted by Crippen LogP contribution is -2.31. The SMILES string of the molecule is COc1cc(C(=O)OCC(=O)N2N=C(c3cccs3)CC2c2ccco2)cc(Cl)c1OC. The summed E-state index contributed by atoms with van der Waals surface area (Å²) in [6.45, 7) is -0.497. The molecule has 0 bridgehead atoms. The molecular weight excluding hydrogens is 456 g/mol. The molecule has 10 heteroatoms. The van der Waals surface area contributed by atoms with Crippen molar-refractivity contribution in [2.24, 2.45) is 5.10 Å². The molecule has 1 atom stereocenters. The second kappa shape index (κ2) is 9.46. The van der Waals surface area contributed by atoms with Gasteiger partial charge in [0.25, 0.3) is 5.91 Å². The molecule has 0 radical (unpaired) electrons. The molecule has 0 spiro atoms. The van der Waals surface area contributed by atoms with Crippen molar-refractivity contribution < 1.29 is 28.2 Å². The number of ether oxygens (including phenoxy) is 3. The molecule has 1 amide bonds. The fourth-order valence-electron chi connectivity index (χ4n) is 3.35. The zero-order valence-electron chi connectivity index (χ0n) is 17.2. The molecule has 0 saturated carbocycles. The first-order valence-corrected chi connectivity index (χ1v) is 10.8. The molecule has 3 heterocycles. The fraction of sp³-hybridized carbons (Fsp3) is 0.227. The highest BCUT2D eigenvalue weighted by atomic mass is 35.5. The monoisotopic (exact) mass is 474 g/mol. The molecule has 0 saturated heterocycles. The quantitative estimate of drug-likeness (QED) is 0.467. The third kappa shape index (κ3) is 4.35. The first-order chi connectivity index (χ1) is 15.5. The third-order valence-corrected chi connectivity index (χ3v) is 6.04. The summed E-state index contributed by atoms with van der Waals surface area (Å²) in [7, 11) is 2.87. The predicted molar refractivity (Wildman–Crippen MR) is 119 cm³/mol. The van der Waals surface area contributed by atoms with Crippen LogP contribution < -0.4 is 9.47 Å². The van der Waals surface area contributed by atoms with E-state index in [1.165, 1.54) is 42.7 Å². The van der Waals surface area contributed by atoms with Crippen LogP contribution in [0.1, 0.15) is 33.5 Å². The maximum Gasteiger partial charge on any atom is 0.338 e. The summed E-state index contributed by atoms with van der Waals surface area (Å²) < 4.78 is 21.1. The molecule has 166 valence electrons. The van der Waals surface area contributed by atoms with Gasteiger partial charge in [-0.15, -0.1) is 11.3 Å². The van der Waals surface area contributed by atoms with Gasteiger partial charge in [0.15, 0.2) is 18.1 Å². The number of methoxy groups -OCH3 is 2. The largest absolute Gasteiger partial charge is 0.493 e. The molecule has 8 nitrogen and oxygen atoms in total. The number of furan rings is 1. The zero-order chi connectivity index (χ0) is 22.7. The van der Waals surface area contributed by atoms with Crippen LogP contribution in [0.2, 0.25) is 5.02 Å². The van der Waals surface area contributed by atoms with Gasteiger partial charge in [0.05, 0.1) is 41.7 Å². The fourth-order valence-corrected chi connectivity index (χ4v) is 4.36. The summed E-state index contributed by atoms with van der Waals surface area (Å²) in [6.07, 6.45) is 2.04. The van der Waals surface area contributed by atoms with Crippen molar-refractivity contribution >= 4 is 40.5 Å². The minimum absolute atomic E-state index is 0.132. The number of hydrogen-bond donors (Lipinski definition) is 0. The molecule has 0 aliphatic carbocycles. The lowest BCUT2D eigenvalue weighted by molar-refractivity contribution is -0.136. The van der Waals surface area contributed by atoms with Gasteiger partial charge in [0, 0.05) is 6.42 Å². The molecule has 1 unspecified atom stereocenters. The smallest absolute Gasteiger partial charge is 0.338 e. The molecule has 1 aromatic carbocycles. The first kappa shape index (κ1) is 21.9. The highest BCUT2D eigenvalue weighted by Crippen LogP contribution is 2.36. The molecule has 4 rings (SSSR count). The number of thiophene rings is 1. The van der Waals surface area contributed by atoms with Gasteiger partial charge in [-0.25, -0.2) is 9.80 Å². The number of carbonyl (C=O) groups is 2. The summed E-state index contributed by atoms with van der Waals surface area (Å²) in [6, 6.07) is 9.82. The van der Waals surface area contributed by atoms with Crippen molar-refractivity contribution in [3.05, 3.63) is 69.3 Å². The molecule has 3 aromatic rings. The van der Waals surface area contributed by atoms with Crippen LogP contribution in [-0.2, 0) is 9.53 Å². The van der Waals surface area contributed by atoms with Gasteiger partial charge in [-0.3, -0.25) is 4.79 Å². The number of carbonyl (C=O) groups excluding carboxylic acids is 2. The number of esters is 1. The Morgan fingerprint density at radius 3 is 2.75 bits per heavy atom. The van der Waals surface area contributed by atoms with E-state index in [4.69, 9.17) is 30.2 Å². The van der Waals surface area contributed by atoms with Crippen molar-refractivity contribution in [2.75, 3.05) is 20.8 Å². The average Bonchev–Trinajstić information content (AvgIpc) is 3.56. The van der Waals surface area contributed by atoms with E-state index in [0.717, 1.165) is 10.6 Å². The maximum atomic E-state index is 12.9. The second-order valence-corrected chi connectivity index (χ2v) is 8.12. The summed E-state index contributed by atoms with van der Waals surface area (Å²) in [5, 5.41) is 7.93. The molecule has 32 heavy (non-hydrogen) atoms. The van der Waals surface area contributed by atoms with E-state index in [2.05, 4.69) is 5.10 Å². The van der Waals surface area contributed by atoms with E-state index in [9.17, 15) is 9.59 Å². The van der Waals surface area contributed by atoms with Crippen LogP contribution in [0.3, 0.4) is 0 Å². The molecule has 2 aromatic heterocycles. The van der Waals surface area contributed by atoms with Crippen LogP contribution in [0.4, 0.5) is 0 Å². The van der Waals surface area contributed by atoms with Crippen molar-refractivity contribution in [2.45, 2.75) is 12.5 Å². The van der Waals surface area contributed by atoms with Crippen molar-refractivity contribution in [1.82, 2.24) is 5.01 Å². The Labute approximate surface area is 192 Å². The topological polar surface area (TPSA) is 90.6 Å². The number of hydrazone groups is 1. The number of amides is 1. The highest BCUT2D eigenvalue weighted by Gasteiger charge is 2.35. The van der Waals surface area contributed by atoms with Crippen LogP contribution >= 0.6 is 22.9 Å². The Morgan fingerprint density at radius 1 is 1.25 bits per heavy atom.